The Morgan fingerprint density at radius 3 is 2.64 bits per heavy atom. The van der Waals surface area contributed by atoms with Crippen LogP contribution in [0.2, 0.25) is 0 Å². The first-order valence-corrected chi connectivity index (χ1v) is 4.93. The van der Waals surface area contributed by atoms with Crippen molar-refractivity contribution >= 4 is 5.82 Å². The Morgan fingerprint density at radius 2 is 2.00 bits per heavy atom. The topological polar surface area (TPSA) is 38.3 Å². The Kier molecular flexibility index (Phi) is 2.52. The molecule has 0 unspecified atom stereocenters. The molecule has 0 saturated carbocycles. The van der Waals surface area contributed by atoms with E-state index in [-0.39, 0.29) is 0 Å². The molecule has 0 N–H and O–H groups in total. The molecule has 4 heteroatoms. The molecule has 14 heavy (non-hydrogen) atoms. The fourth-order valence-corrected chi connectivity index (χ4v) is 1.88. The third-order valence-electron chi connectivity index (χ3n) is 2.61. The highest BCUT2D eigenvalue weighted by Crippen LogP contribution is 2.25. The number of rotatable bonds is 2. The van der Waals surface area contributed by atoms with Crippen LogP contribution in [0.25, 0.3) is 0 Å². The summed E-state index contributed by atoms with van der Waals surface area (Å²) >= 11 is 0. The predicted octanol–water partition coefficient (Wildman–Crippen LogP) is 1.39. The van der Waals surface area contributed by atoms with E-state index in [4.69, 9.17) is 4.74 Å². The third-order valence-corrected chi connectivity index (χ3v) is 2.61. The summed E-state index contributed by atoms with van der Waals surface area (Å²) in [7, 11) is 1.64. The minimum atomic E-state index is 0.682. The molecule has 1 aliphatic heterocycles. The number of ether oxygens (including phenoxy) is 1. The van der Waals surface area contributed by atoms with Crippen LogP contribution >= 0.6 is 0 Å². The molecule has 0 atom stereocenters. The van der Waals surface area contributed by atoms with Crippen LogP contribution in [-0.2, 0) is 0 Å². The SMILES string of the molecule is COc1ncnc(N2CCCC2)c1C. The van der Waals surface area contributed by atoms with Crippen molar-refractivity contribution in [2.24, 2.45) is 0 Å². The number of hydrogen-bond donors (Lipinski definition) is 0. The van der Waals surface area contributed by atoms with Gasteiger partial charge in [0.15, 0.2) is 0 Å². The smallest absolute Gasteiger partial charge is 0.221 e. The zero-order valence-corrected chi connectivity index (χ0v) is 8.66. The highest BCUT2D eigenvalue weighted by molar-refractivity contribution is 5.50. The lowest BCUT2D eigenvalue weighted by atomic mass is 10.3. The van der Waals surface area contributed by atoms with Gasteiger partial charge in [0.2, 0.25) is 5.88 Å². The highest BCUT2D eigenvalue weighted by Gasteiger charge is 2.17. The second kappa shape index (κ2) is 3.82. The molecule has 0 spiro atoms. The molecule has 0 aromatic carbocycles. The van der Waals surface area contributed by atoms with Crippen molar-refractivity contribution < 1.29 is 4.74 Å². The van der Waals surface area contributed by atoms with E-state index >= 15 is 0 Å². The molecule has 76 valence electrons. The number of aromatic nitrogens is 2. The van der Waals surface area contributed by atoms with Crippen molar-refractivity contribution in [2.45, 2.75) is 19.8 Å². The van der Waals surface area contributed by atoms with E-state index in [0.29, 0.717) is 5.88 Å². The van der Waals surface area contributed by atoms with E-state index in [0.717, 1.165) is 24.5 Å². The minimum absolute atomic E-state index is 0.682. The Labute approximate surface area is 83.9 Å². The molecule has 1 aromatic rings. The van der Waals surface area contributed by atoms with Crippen molar-refractivity contribution in [1.82, 2.24) is 9.97 Å². The lowest BCUT2D eigenvalue weighted by Gasteiger charge is -2.18. The molecular weight excluding hydrogens is 178 g/mol. The van der Waals surface area contributed by atoms with Gasteiger partial charge in [0.25, 0.3) is 0 Å². The Hall–Kier alpha value is -1.32. The van der Waals surface area contributed by atoms with Gasteiger partial charge in [-0.2, -0.15) is 0 Å². The fourth-order valence-electron chi connectivity index (χ4n) is 1.88. The molecule has 0 bridgehead atoms. The summed E-state index contributed by atoms with van der Waals surface area (Å²) in [4.78, 5) is 10.7. The van der Waals surface area contributed by atoms with Crippen LogP contribution in [-0.4, -0.2) is 30.2 Å². The van der Waals surface area contributed by atoms with Gasteiger partial charge in [0.1, 0.15) is 12.1 Å². The van der Waals surface area contributed by atoms with Gasteiger partial charge in [-0.3, -0.25) is 0 Å². The van der Waals surface area contributed by atoms with Gasteiger partial charge < -0.3 is 9.64 Å². The van der Waals surface area contributed by atoms with Crippen molar-refractivity contribution in [3.63, 3.8) is 0 Å². The van der Waals surface area contributed by atoms with E-state index in [1.165, 1.54) is 12.8 Å². The van der Waals surface area contributed by atoms with Crippen molar-refractivity contribution in [3.05, 3.63) is 11.9 Å². The van der Waals surface area contributed by atoms with Crippen LogP contribution in [0.5, 0.6) is 5.88 Å². The van der Waals surface area contributed by atoms with Gasteiger partial charge in [-0.1, -0.05) is 0 Å². The fraction of sp³-hybridized carbons (Fsp3) is 0.600. The molecule has 4 nitrogen and oxygen atoms in total. The van der Waals surface area contributed by atoms with Crippen molar-refractivity contribution in [2.75, 3.05) is 25.1 Å². The summed E-state index contributed by atoms with van der Waals surface area (Å²) < 4.78 is 5.17. The molecule has 0 radical (unpaired) electrons. The summed E-state index contributed by atoms with van der Waals surface area (Å²) in [5, 5.41) is 0. The molecule has 0 aliphatic carbocycles. The van der Waals surface area contributed by atoms with E-state index in [1.807, 2.05) is 6.92 Å². The lowest BCUT2D eigenvalue weighted by molar-refractivity contribution is 0.393. The summed E-state index contributed by atoms with van der Waals surface area (Å²) in [6.07, 6.45) is 4.08. The molecular formula is C10H15N3O. The average Bonchev–Trinajstić information content (AvgIpc) is 2.71. The van der Waals surface area contributed by atoms with Crippen LogP contribution in [0.3, 0.4) is 0 Å². The second-order valence-electron chi connectivity index (χ2n) is 3.53. The van der Waals surface area contributed by atoms with Gasteiger partial charge in [-0.15, -0.1) is 0 Å². The Balaban J connectivity index is 2.32. The summed E-state index contributed by atoms with van der Waals surface area (Å²) in [5.74, 6) is 1.70. The largest absolute Gasteiger partial charge is 0.481 e. The third kappa shape index (κ3) is 1.52. The molecule has 1 aliphatic rings. The molecule has 1 fully saturated rings. The summed E-state index contributed by atoms with van der Waals surface area (Å²) in [6, 6.07) is 0. The molecule has 1 saturated heterocycles. The zero-order valence-electron chi connectivity index (χ0n) is 8.66. The number of methoxy groups -OCH3 is 1. The molecule has 2 rings (SSSR count). The highest BCUT2D eigenvalue weighted by atomic mass is 16.5. The Morgan fingerprint density at radius 1 is 1.29 bits per heavy atom. The van der Waals surface area contributed by atoms with E-state index in [9.17, 15) is 0 Å². The minimum Gasteiger partial charge on any atom is -0.481 e. The molecule has 1 aromatic heterocycles. The van der Waals surface area contributed by atoms with Crippen molar-refractivity contribution in [3.8, 4) is 5.88 Å². The van der Waals surface area contributed by atoms with Gasteiger partial charge in [-0.05, 0) is 19.8 Å². The predicted molar refractivity (Wildman–Crippen MR) is 54.8 cm³/mol. The van der Waals surface area contributed by atoms with Gasteiger partial charge in [-0.25, -0.2) is 9.97 Å². The second-order valence-corrected chi connectivity index (χ2v) is 3.53. The number of hydrogen-bond acceptors (Lipinski definition) is 4. The van der Waals surface area contributed by atoms with E-state index in [2.05, 4.69) is 14.9 Å². The summed E-state index contributed by atoms with van der Waals surface area (Å²) in [6.45, 7) is 4.20. The molecule has 0 amide bonds. The van der Waals surface area contributed by atoms with Gasteiger partial charge >= 0.3 is 0 Å². The first-order chi connectivity index (χ1) is 6.83. The average molecular weight is 193 g/mol. The monoisotopic (exact) mass is 193 g/mol. The first-order valence-electron chi connectivity index (χ1n) is 4.93. The van der Waals surface area contributed by atoms with E-state index in [1.54, 1.807) is 13.4 Å². The number of anilines is 1. The maximum absolute atomic E-state index is 5.17. The maximum Gasteiger partial charge on any atom is 0.221 e. The van der Waals surface area contributed by atoms with Crippen LogP contribution in [0.1, 0.15) is 18.4 Å². The van der Waals surface area contributed by atoms with Gasteiger partial charge in [0.05, 0.1) is 12.7 Å². The standard InChI is InChI=1S/C10H15N3O/c1-8-9(13-5-3-4-6-13)11-7-12-10(8)14-2/h7H,3-6H2,1-2H3. The first kappa shape index (κ1) is 9.24. The summed E-state index contributed by atoms with van der Waals surface area (Å²) in [5.41, 5.74) is 1.04. The van der Waals surface area contributed by atoms with Crippen molar-refractivity contribution in [1.29, 1.82) is 0 Å². The quantitative estimate of drug-likeness (QED) is 0.711. The lowest BCUT2D eigenvalue weighted by Crippen LogP contribution is -2.20. The maximum atomic E-state index is 5.17. The normalized spacial score (nSPS) is 16.0. The van der Waals surface area contributed by atoms with Crippen LogP contribution in [0, 0.1) is 6.92 Å². The molecule has 2 heterocycles. The van der Waals surface area contributed by atoms with Crippen LogP contribution < -0.4 is 9.64 Å². The van der Waals surface area contributed by atoms with Crippen LogP contribution in [0.15, 0.2) is 6.33 Å². The van der Waals surface area contributed by atoms with E-state index < -0.39 is 0 Å². The zero-order chi connectivity index (χ0) is 9.97. The Bertz CT molecular complexity index is 321. The number of nitrogens with zero attached hydrogens (tertiary/aromatic N) is 3. The van der Waals surface area contributed by atoms with Crippen LogP contribution in [0.4, 0.5) is 5.82 Å². The van der Waals surface area contributed by atoms with Gasteiger partial charge in [0, 0.05) is 13.1 Å².